The van der Waals surface area contributed by atoms with Gasteiger partial charge in [-0.1, -0.05) is 19.4 Å². The van der Waals surface area contributed by atoms with E-state index in [1.54, 1.807) is 0 Å². The molecule has 1 fully saturated rings. The van der Waals surface area contributed by atoms with Gasteiger partial charge in [0.2, 0.25) is 5.91 Å². The minimum atomic E-state index is -0.736. The molecule has 4 nitrogen and oxygen atoms in total. The van der Waals surface area contributed by atoms with Crippen LogP contribution in [0.5, 0.6) is 0 Å². The molecular formula is C17H30ClN3OS. The van der Waals surface area contributed by atoms with Crippen LogP contribution in [0, 0.1) is 5.92 Å². The number of carbonyl (C=O) groups excluding carboxylic acids is 1. The third kappa shape index (κ3) is 6.42. The maximum Gasteiger partial charge on any atom is 0.239 e. The van der Waals surface area contributed by atoms with Crippen LogP contribution < -0.4 is 11.1 Å². The van der Waals surface area contributed by atoms with Crippen LogP contribution in [0.15, 0.2) is 17.5 Å². The van der Waals surface area contributed by atoms with Crippen molar-refractivity contribution in [2.24, 2.45) is 11.7 Å². The topological polar surface area (TPSA) is 58.4 Å². The first-order valence-electron chi connectivity index (χ1n) is 8.33. The number of likely N-dealkylation sites (tertiary alicyclic amines) is 1. The summed E-state index contributed by atoms with van der Waals surface area (Å²) in [6, 6.07) is 4.30. The molecule has 1 aliphatic rings. The zero-order valence-electron chi connectivity index (χ0n) is 14.2. The van der Waals surface area contributed by atoms with E-state index in [-0.39, 0.29) is 18.3 Å². The lowest BCUT2D eigenvalue weighted by Gasteiger charge is -2.33. The molecule has 2 rings (SSSR count). The summed E-state index contributed by atoms with van der Waals surface area (Å²) in [7, 11) is 0. The largest absolute Gasteiger partial charge is 0.354 e. The third-order valence-corrected chi connectivity index (χ3v) is 5.26. The average Bonchev–Trinajstić information content (AvgIpc) is 2.98. The standard InChI is InChI=1S/C17H29N3OS.ClH/c1-3-8-17(2,18)16(21)19-11-14-6-4-9-20(12-14)13-15-7-5-10-22-15;/h5,7,10,14H,3-4,6,8-9,11-13,18H2,1-2H3,(H,19,21);1H. The Morgan fingerprint density at radius 1 is 1.57 bits per heavy atom. The van der Waals surface area contributed by atoms with Gasteiger partial charge in [0.15, 0.2) is 0 Å². The fourth-order valence-corrected chi connectivity index (χ4v) is 3.90. The van der Waals surface area contributed by atoms with E-state index in [2.05, 4.69) is 34.7 Å². The molecular weight excluding hydrogens is 330 g/mol. The Labute approximate surface area is 150 Å². The number of amides is 1. The zero-order valence-corrected chi connectivity index (χ0v) is 15.8. The number of hydrogen-bond acceptors (Lipinski definition) is 4. The molecule has 1 saturated heterocycles. The second-order valence-electron chi connectivity index (χ2n) is 6.70. The highest BCUT2D eigenvalue weighted by Gasteiger charge is 2.28. The van der Waals surface area contributed by atoms with Gasteiger partial charge in [0.05, 0.1) is 5.54 Å². The van der Waals surface area contributed by atoms with Crippen molar-refractivity contribution in [3.63, 3.8) is 0 Å². The van der Waals surface area contributed by atoms with Crippen LogP contribution in [0.1, 0.15) is 44.4 Å². The molecule has 2 unspecified atom stereocenters. The molecule has 132 valence electrons. The van der Waals surface area contributed by atoms with Crippen LogP contribution in [-0.2, 0) is 11.3 Å². The molecule has 0 aliphatic carbocycles. The van der Waals surface area contributed by atoms with E-state index >= 15 is 0 Å². The zero-order chi connectivity index (χ0) is 16.0. The maximum absolute atomic E-state index is 12.2. The highest BCUT2D eigenvalue weighted by atomic mass is 35.5. The quantitative estimate of drug-likeness (QED) is 0.786. The molecule has 0 saturated carbocycles. The summed E-state index contributed by atoms with van der Waals surface area (Å²) in [5.41, 5.74) is 5.35. The highest BCUT2D eigenvalue weighted by molar-refractivity contribution is 7.09. The normalized spacial score (nSPS) is 21.3. The minimum absolute atomic E-state index is 0. The molecule has 2 heterocycles. The molecule has 0 bridgehead atoms. The number of piperidine rings is 1. The Bertz CT molecular complexity index is 464. The number of hydrogen-bond donors (Lipinski definition) is 2. The van der Waals surface area contributed by atoms with Crippen molar-refractivity contribution in [1.29, 1.82) is 0 Å². The Balaban J connectivity index is 0.00000264. The van der Waals surface area contributed by atoms with E-state index in [0.717, 1.165) is 39.0 Å². The van der Waals surface area contributed by atoms with Crippen molar-refractivity contribution in [3.05, 3.63) is 22.4 Å². The lowest BCUT2D eigenvalue weighted by molar-refractivity contribution is -0.126. The number of carbonyl (C=O) groups is 1. The van der Waals surface area contributed by atoms with Crippen LogP contribution in [0.25, 0.3) is 0 Å². The second kappa shape index (κ2) is 9.62. The van der Waals surface area contributed by atoms with Crippen LogP contribution in [0.4, 0.5) is 0 Å². The third-order valence-electron chi connectivity index (χ3n) is 4.40. The van der Waals surface area contributed by atoms with Gasteiger partial charge in [-0.05, 0) is 50.1 Å². The van der Waals surface area contributed by atoms with Gasteiger partial charge in [-0.15, -0.1) is 23.7 Å². The monoisotopic (exact) mass is 359 g/mol. The van der Waals surface area contributed by atoms with Crippen molar-refractivity contribution in [1.82, 2.24) is 10.2 Å². The van der Waals surface area contributed by atoms with Gasteiger partial charge in [0.25, 0.3) is 0 Å². The number of nitrogens with zero attached hydrogens (tertiary/aromatic N) is 1. The molecule has 0 radical (unpaired) electrons. The molecule has 1 aliphatic heterocycles. The molecule has 0 spiro atoms. The first-order chi connectivity index (χ1) is 10.5. The molecule has 0 aromatic carbocycles. The summed E-state index contributed by atoms with van der Waals surface area (Å²) in [5.74, 6) is 0.528. The van der Waals surface area contributed by atoms with Gasteiger partial charge in [0, 0.05) is 24.5 Å². The predicted molar refractivity (Wildman–Crippen MR) is 100 cm³/mol. The summed E-state index contributed by atoms with van der Waals surface area (Å²) in [6.07, 6.45) is 4.06. The summed E-state index contributed by atoms with van der Waals surface area (Å²) < 4.78 is 0. The van der Waals surface area contributed by atoms with Crippen molar-refractivity contribution in [3.8, 4) is 0 Å². The summed E-state index contributed by atoms with van der Waals surface area (Å²) in [4.78, 5) is 16.1. The summed E-state index contributed by atoms with van der Waals surface area (Å²) in [5, 5.41) is 5.20. The second-order valence-corrected chi connectivity index (χ2v) is 7.73. The van der Waals surface area contributed by atoms with Crippen LogP contribution in [-0.4, -0.2) is 36.0 Å². The SMILES string of the molecule is CCCC(C)(N)C(=O)NCC1CCCN(Cc2cccs2)C1.Cl. The predicted octanol–water partition coefficient (Wildman–Crippen LogP) is 3.02. The Kier molecular flexibility index (Phi) is 8.54. The van der Waals surface area contributed by atoms with Crippen LogP contribution in [0.2, 0.25) is 0 Å². The minimum Gasteiger partial charge on any atom is -0.354 e. The number of rotatable bonds is 7. The first-order valence-corrected chi connectivity index (χ1v) is 9.21. The Morgan fingerprint density at radius 2 is 2.35 bits per heavy atom. The lowest BCUT2D eigenvalue weighted by Crippen LogP contribution is -2.53. The van der Waals surface area contributed by atoms with Crippen LogP contribution in [0.3, 0.4) is 0 Å². The van der Waals surface area contributed by atoms with Crippen molar-refractivity contribution < 1.29 is 4.79 Å². The number of nitrogens with one attached hydrogen (secondary N) is 1. The number of thiophene rings is 1. The van der Waals surface area contributed by atoms with E-state index in [1.165, 1.54) is 17.7 Å². The molecule has 1 aromatic heterocycles. The Hall–Kier alpha value is -0.620. The van der Waals surface area contributed by atoms with Gasteiger partial charge >= 0.3 is 0 Å². The van der Waals surface area contributed by atoms with E-state index in [9.17, 15) is 4.79 Å². The van der Waals surface area contributed by atoms with E-state index in [1.807, 2.05) is 18.3 Å². The Morgan fingerprint density at radius 3 is 3.00 bits per heavy atom. The lowest BCUT2D eigenvalue weighted by atomic mass is 9.94. The molecule has 6 heteroatoms. The fourth-order valence-electron chi connectivity index (χ4n) is 3.16. The summed E-state index contributed by atoms with van der Waals surface area (Å²) >= 11 is 1.82. The van der Waals surface area contributed by atoms with Gasteiger partial charge < -0.3 is 11.1 Å². The van der Waals surface area contributed by atoms with Crippen molar-refractivity contribution in [2.45, 2.75) is 51.6 Å². The maximum atomic E-state index is 12.2. The smallest absolute Gasteiger partial charge is 0.239 e. The molecule has 3 N–H and O–H groups in total. The highest BCUT2D eigenvalue weighted by Crippen LogP contribution is 2.20. The molecule has 23 heavy (non-hydrogen) atoms. The molecule has 1 amide bonds. The van der Waals surface area contributed by atoms with E-state index in [4.69, 9.17) is 5.73 Å². The fraction of sp³-hybridized carbons (Fsp3) is 0.706. The van der Waals surface area contributed by atoms with E-state index < -0.39 is 5.54 Å². The van der Waals surface area contributed by atoms with Gasteiger partial charge in [0.1, 0.15) is 0 Å². The van der Waals surface area contributed by atoms with Crippen molar-refractivity contribution >= 4 is 29.7 Å². The van der Waals surface area contributed by atoms with Gasteiger partial charge in [-0.3, -0.25) is 9.69 Å². The molecule has 2 atom stereocenters. The first kappa shape index (κ1) is 20.4. The summed E-state index contributed by atoms with van der Waals surface area (Å²) in [6.45, 7) is 7.89. The van der Waals surface area contributed by atoms with Gasteiger partial charge in [-0.25, -0.2) is 0 Å². The van der Waals surface area contributed by atoms with E-state index in [0.29, 0.717) is 5.92 Å². The molecule has 1 aromatic rings. The number of halogens is 1. The van der Waals surface area contributed by atoms with Crippen molar-refractivity contribution in [2.75, 3.05) is 19.6 Å². The van der Waals surface area contributed by atoms with Crippen LogP contribution >= 0.6 is 23.7 Å². The van der Waals surface area contributed by atoms with Gasteiger partial charge in [-0.2, -0.15) is 0 Å². The average molecular weight is 360 g/mol. The number of nitrogens with two attached hydrogens (primary N) is 1.